The third kappa shape index (κ3) is 3.76. The van der Waals surface area contributed by atoms with Gasteiger partial charge in [-0.3, -0.25) is 9.59 Å². The summed E-state index contributed by atoms with van der Waals surface area (Å²) in [5.74, 6) is -0.977. The Labute approximate surface area is 129 Å². The summed E-state index contributed by atoms with van der Waals surface area (Å²) in [6.07, 6.45) is -0.286. The van der Waals surface area contributed by atoms with E-state index in [-0.39, 0.29) is 17.1 Å². The predicted molar refractivity (Wildman–Crippen MR) is 80.4 cm³/mol. The minimum atomic E-state index is -0.831. The van der Waals surface area contributed by atoms with Crippen molar-refractivity contribution < 1.29 is 18.7 Å². The SMILES string of the molecule is CC(Oc1ccc(C=O)cc1F)C(=O)c1ccc(Br)cc1. The van der Waals surface area contributed by atoms with Crippen LogP contribution in [0.3, 0.4) is 0 Å². The van der Waals surface area contributed by atoms with E-state index in [1.54, 1.807) is 31.2 Å². The monoisotopic (exact) mass is 350 g/mol. The van der Waals surface area contributed by atoms with Crippen molar-refractivity contribution in [2.45, 2.75) is 13.0 Å². The van der Waals surface area contributed by atoms with Crippen molar-refractivity contribution in [3.8, 4) is 5.75 Å². The first kappa shape index (κ1) is 15.4. The highest BCUT2D eigenvalue weighted by Crippen LogP contribution is 2.20. The van der Waals surface area contributed by atoms with Gasteiger partial charge in [0.1, 0.15) is 6.29 Å². The number of hydrogen-bond acceptors (Lipinski definition) is 3. The molecule has 0 saturated carbocycles. The van der Waals surface area contributed by atoms with Crippen molar-refractivity contribution in [3.63, 3.8) is 0 Å². The summed E-state index contributed by atoms with van der Waals surface area (Å²) >= 11 is 3.29. The average molecular weight is 351 g/mol. The zero-order chi connectivity index (χ0) is 15.4. The van der Waals surface area contributed by atoms with Gasteiger partial charge in [0.05, 0.1) is 0 Å². The standard InChI is InChI=1S/C16H12BrFO3/c1-10(16(20)12-3-5-13(17)6-4-12)21-15-7-2-11(9-19)8-14(15)18/h2-10H,1H3. The average Bonchev–Trinajstić information content (AvgIpc) is 2.49. The number of ether oxygens (including phenoxy) is 1. The summed E-state index contributed by atoms with van der Waals surface area (Å²) in [5, 5.41) is 0. The van der Waals surface area contributed by atoms with Crippen LogP contribution in [0.4, 0.5) is 4.39 Å². The molecule has 2 aromatic rings. The molecule has 21 heavy (non-hydrogen) atoms. The fraction of sp³-hybridized carbons (Fsp3) is 0.125. The van der Waals surface area contributed by atoms with E-state index in [0.717, 1.165) is 10.5 Å². The third-order valence-corrected chi connectivity index (χ3v) is 3.42. The summed E-state index contributed by atoms with van der Waals surface area (Å²) in [4.78, 5) is 22.7. The second-order valence-electron chi connectivity index (χ2n) is 4.44. The molecule has 0 aliphatic rings. The third-order valence-electron chi connectivity index (χ3n) is 2.89. The Morgan fingerprint density at radius 2 is 1.90 bits per heavy atom. The summed E-state index contributed by atoms with van der Waals surface area (Å²) in [5.41, 5.74) is 0.697. The molecule has 1 atom stereocenters. The molecule has 5 heteroatoms. The van der Waals surface area contributed by atoms with Crippen molar-refractivity contribution in [2.75, 3.05) is 0 Å². The largest absolute Gasteiger partial charge is 0.479 e. The van der Waals surface area contributed by atoms with Gasteiger partial charge in [-0.25, -0.2) is 4.39 Å². The van der Waals surface area contributed by atoms with Crippen molar-refractivity contribution in [1.29, 1.82) is 0 Å². The molecular formula is C16H12BrFO3. The Hall–Kier alpha value is -2.01. The quantitative estimate of drug-likeness (QED) is 0.603. The van der Waals surface area contributed by atoms with E-state index >= 15 is 0 Å². The molecule has 0 fully saturated rings. The highest BCUT2D eigenvalue weighted by Gasteiger charge is 2.18. The van der Waals surface area contributed by atoms with E-state index in [4.69, 9.17) is 4.74 Å². The van der Waals surface area contributed by atoms with Gasteiger partial charge in [0.25, 0.3) is 0 Å². The Morgan fingerprint density at radius 1 is 1.24 bits per heavy atom. The number of ketones is 1. The van der Waals surface area contributed by atoms with Crippen molar-refractivity contribution in [2.24, 2.45) is 0 Å². The lowest BCUT2D eigenvalue weighted by Crippen LogP contribution is -2.24. The van der Waals surface area contributed by atoms with Crippen LogP contribution in [0.5, 0.6) is 5.75 Å². The van der Waals surface area contributed by atoms with Gasteiger partial charge in [-0.1, -0.05) is 28.1 Å². The fourth-order valence-corrected chi connectivity index (χ4v) is 2.04. The van der Waals surface area contributed by atoms with Crippen LogP contribution in [0.15, 0.2) is 46.9 Å². The van der Waals surface area contributed by atoms with Crippen molar-refractivity contribution >= 4 is 28.0 Å². The summed E-state index contributed by atoms with van der Waals surface area (Å²) in [6, 6.07) is 10.7. The number of benzene rings is 2. The van der Waals surface area contributed by atoms with Crippen LogP contribution in [-0.2, 0) is 0 Å². The molecule has 1 unspecified atom stereocenters. The van der Waals surface area contributed by atoms with E-state index in [0.29, 0.717) is 11.8 Å². The number of halogens is 2. The molecule has 2 rings (SSSR count). The summed E-state index contributed by atoms with van der Waals surface area (Å²) in [7, 11) is 0. The van der Waals surface area contributed by atoms with Crippen LogP contribution in [0.25, 0.3) is 0 Å². The molecule has 0 radical (unpaired) electrons. The second kappa shape index (κ2) is 6.63. The highest BCUT2D eigenvalue weighted by molar-refractivity contribution is 9.10. The molecule has 0 bridgehead atoms. The Bertz CT molecular complexity index is 668. The van der Waals surface area contributed by atoms with Crippen molar-refractivity contribution in [3.05, 3.63) is 63.9 Å². The van der Waals surface area contributed by atoms with Gasteiger partial charge >= 0.3 is 0 Å². The molecule has 108 valence electrons. The van der Waals surface area contributed by atoms with Gasteiger partial charge < -0.3 is 4.74 Å². The molecule has 0 aliphatic heterocycles. The first-order valence-electron chi connectivity index (χ1n) is 6.22. The summed E-state index contributed by atoms with van der Waals surface area (Å²) in [6.45, 7) is 1.55. The lowest BCUT2D eigenvalue weighted by atomic mass is 10.1. The first-order valence-corrected chi connectivity index (χ1v) is 7.01. The molecule has 0 saturated heterocycles. The second-order valence-corrected chi connectivity index (χ2v) is 5.35. The number of carbonyl (C=O) groups is 2. The van der Waals surface area contributed by atoms with Gasteiger partial charge in [0.15, 0.2) is 17.7 Å². The Kier molecular flexibility index (Phi) is 4.85. The predicted octanol–water partition coefficient (Wildman–Crippen LogP) is 4.05. The topological polar surface area (TPSA) is 43.4 Å². The molecule has 0 spiro atoms. The Morgan fingerprint density at radius 3 is 2.48 bits per heavy atom. The van der Waals surface area contributed by atoms with Crippen LogP contribution in [0, 0.1) is 5.82 Å². The number of Topliss-reactive ketones (excluding diaryl/α,β-unsaturated/α-hetero) is 1. The molecule has 2 aromatic carbocycles. The number of aldehydes is 1. The van der Waals surface area contributed by atoms with E-state index < -0.39 is 11.9 Å². The lowest BCUT2D eigenvalue weighted by Gasteiger charge is -2.14. The van der Waals surface area contributed by atoms with Gasteiger partial charge in [-0.15, -0.1) is 0 Å². The molecule has 0 aliphatic carbocycles. The van der Waals surface area contributed by atoms with E-state index in [1.807, 2.05) is 0 Å². The molecule has 0 heterocycles. The molecular weight excluding hydrogens is 339 g/mol. The van der Waals surface area contributed by atoms with Crippen LogP contribution in [0.2, 0.25) is 0 Å². The highest BCUT2D eigenvalue weighted by atomic mass is 79.9. The minimum absolute atomic E-state index is 0.0569. The zero-order valence-corrected chi connectivity index (χ0v) is 12.8. The van der Waals surface area contributed by atoms with Crippen molar-refractivity contribution in [1.82, 2.24) is 0 Å². The number of hydrogen-bond donors (Lipinski definition) is 0. The first-order chi connectivity index (χ1) is 10.0. The minimum Gasteiger partial charge on any atom is -0.479 e. The molecule has 0 amide bonds. The van der Waals surface area contributed by atoms with Crippen LogP contribution < -0.4 is 4.74 Å². The van der Waals surface area contributed by atoms with Crippen LogP contribution in [0.1, 0.15) is 27.6 Å². The maximum atomic E-state index is 13.7. The molecule has 3 nitrogen and oxygen atoms in total. The zero-order valence-electron chi connectivity index (χ0n) is 11.2. The number of rotatable bonds is 5. The van der Waals surface area contributed by atoms with Crippen LogP contribution in [-0.4, -0.2) is 18.2 Å². The maximum Gasteiger partial charge on any atom is 0.202 e. The van der Waals surface area contributed by atoms with E-state index in [1.165, 1.54) is 12.1 Å². The summed E-state index contributed by atoms with van der Waals surface area (Å²) < 4.78 is 19.9. The fourth-order valence-electron chi connectivity index (χ4n) is 1.78. The van der Waals surface area contributed by atoms with Crippen LogP contribution >= 0.6 is 15.9 Å². The van der Waals surface area contributed by atoms with E-state index in [2.05, 4.69) is 15.9 Å². The normalized spacial score (nSPS) is 11.8. The van der Waals surface area contributed by atoms with Gasteiger partial charge in [0, 0.05) is 15.6 Å². The van der Waals surface area contributed by atoms with Gasteiger partial charge in [-0.2, -0.15) is 0 Å². The maximum absolute atomic E-state index is 13.7. The van der Waals surface area contributed by atoms with Gasteiger partial charge in [0.2, 0.25) is 5.78 Å². The Balaban J connectivity index is 2.13. The van der Waals surface area contributed by atoms with E-state index in [9.17, 15) is 14.0 Å². The molecule has 0 aromatic heterocycles. The number of carbonyl (C=O) groups excluding carboxylic acids is 2. The van der Waals surface area contributed by atoms with Gasteiger partial charge in [-0.05, 0) is 37.3 Å². The molecule has 0 N–H and O–H groups in total. The lowest BCUT2D eigenvalue weighted by molar-refractivity contribution is 0.0812. The smallest absolute Gasteiger partial charge is 0.202 e.